The Hall–Kier alpha value is -0.330. The van der Waals surface area contributed by atoms with E-state index < -0.39 is 0 Å². The van der Waals surface area contributed by atoms with Crippen LogP contribution in [0.1, 0.15) is 53.9 Å². The molecule has 0 aliphatic heterocycles. The van der Waals surface area contributed by atoms with Gasteiger partial charge in [-0.05, 0) is 17.8 Å². The van der Waals surface area contributed by atoms with Gasteiger partial charge in [-0.1, -0.05) is 34.6 Å². The number of hydrogen-bond acceptors (Lipinski definition) is 1. The van der Waals surface area contributed by atoms with E-state index in [0.717, 1.165) is 12.8 Å². The monoisotopic (exact) mass is 170 g/mol. The Kier molecular flexibility index (Phi) is 4.51. The van der Waals surface area contributed by atoms with Crippen LogP contribution in [-0.4, -0.2) is 5.78 Å². The van der Waals surface area contributed by atoms with Gasteiger partial charge in [0.1, 0.15) is 5.78 Å². The van der Waals surface area contributed by atoms with Crippen LogP contribution in [0.3, 0.4) is 0 Å². The zero-order chi connectivity index (χ0) is 9.78. The fourth-order valence-corrected chi connectivity index (χ4v) is 1.65. The summed E-state index contributed by atoms with van der Waals surface area (Å²) < 4.78 is 0. The van der Waals surface area contributed by atoms with Crippen LogP contribution >= 0.6 is 0 Å². The molecule has 1 atom stereocenters. The molecule has 0 rings (SSSR count). The quantitative estimate of drug-likeness (QED) is 0.631. The van der Waals surface area contributed by atoms with E-state index in [1.165, 1.54) is 0 Å². The van der Waals surface area contributed by atoms with Gasteiger partial charge in [-0.25, -0.2) is 0 Å². The van der Waals surface area contributed by atoms with Crippen molar-refractivity contribution in [1.29, 1.82) is 0 Å². The fraction of sp³-hybridized carbons (Fsp3) is 0.909. The molecule has 0 aromatic rings. The van der Waals surface area contributed by atoms with E-state index in [0.29, 0.717) is 23.5 Å². The van der Waals surface area contributed by atoms with E-state index in [1.807, 2.05) is 6.92 Å². The third-order valence-electron chi connectivity index (χ3n) is 1.93. The zero-order valence-corrected chi connectivity index (χ0v) is 9.11. The summed E-state index contributed by atoms with van der Waals surface area (Å²) in [7, 11) is 0. The summed E-state index contributed by atoms with van der Waals surface area (Å²) in [5, 5.41) is 0. The number of carbonyl (C=O) groups is 1. The molecular formula is C11H22O. The van der Waals surface area contributed by atoms with Crippen molar-refractivity contribution in [3.05, 3.63) is 0 Å². The molecule has 12 heavy (non-hydrogen) atoms. The number of ketones is 1. The first-order chi connectivity index (χ1) is 5.35. The zero-order valence-electron chi connectivity index (χ0n) is 9.11. The summed E-state index contributed by atoms with van der Waals surface area (Å²) in [5.41, 5.74) is 0.355. The molecule has 0 aliphatic rings. The van der Waals surface area contributed by atoms with E-state index in [4.69, 9.17) is 0 Å². The molecule has 0 saturated carbocycles. The smallest absolute Gasteiger partial charge is 0.132 e. The van der Waals surface area contributed by atoms with Gasteiger partial charge in [-0.2, -0.15) is 0 Å². The Bertz CT molecular complexity index is 142. The lowest BCUT2D eigenvalue weighted by atomic mass is 9.83. The van der Waals surface area contributed by atoms with Crippen LogP contribution in [-0.2, 0) is 4.79 Å². The summed E-state index contributed by atoms with van der Waals surface area (Å²) in [6.07, 6.45) is 2.58. The largest absolute Gasteiger partial charge is 0.300 e. The molecule has 72 valence electrons. The summed E-state index contributed by atoms with van der Waals surface area (Å²) in [6, 6.07) is 0. The van der Waals surface area contributed by atoms with E-state index in [-0.39, 0.29) is 0 Å². The minimum atomic E-state index is 0.355. The van der Waals surface area contributed by atoms with Crippen molar-refractivity contribution < 1.29 is 4.79 Å². The van der Waals surface area contributed by atoms with E-state index in [2.05, 4.69) is 27.7 Å². The van der Waals surface area contributed by atoms with Crippen LogP contribution in [0.5, 0.6) is 0 Å². The summed E-state index contributed by atoms with van der Waals surface area (Å²) in [5.74, 6) is 0.934. The highest BCUT2D eigenvalue weighted by atomic mass is 16.1. The highest BCUT2D eigenvalue weighted by molar-refractivity contribution is 5.78. The first-order valence-corrected chi connectivity index (χ1v) is 4.87. The second kappa shape index (κ2) is 4.64. The molecule has 0 aromatic carbocycles. The molecule has 1 nitrogen and oxygen atoms in total. The molecule has 0 bridgehead atoms. The molecule has 0 aromatic heterocycles. The van der Waals surface area contributed by atoms with Crippen LogP contribution < -0.4 is 0 Å². The minimum Gasteiger partial charge on any atom is -0.300 e. The molecule has 0 radical (unpaired) electrons. The second-order valence-corrected chi connectivity index (χ2v) is 4.97. The lowest BCUT2D eigenvalue weighted by Gasteiger charge is -2.22. The predicted octanol–water partition coefficient (Wildman–Crippen LogP) is 3.43. The topological polar surface area (TPSA) is 17.1 Å². The lowest BCUT2D eigenvalue weighted by Crippen LogP contribution is -2.13. The van der Waals surface area contributed by atoms with Gasteiger partial charge in [0.15, 0.2) is 0 Å². The Morgan fingerprint density at radius 3 is 2.17 bits per heavy atom. The Morgan fingerprint density at radius 2 is 1.83 bits per heavy atom. The maximum Gasteiger partial charge on any atom is 0.132 e. The van der Waals surface area contributed by atoms with Gasteiger partial charge in [-0.3, -0.25) is 4.79 Å². The predicted molar refractivity (Wildman–Crippen MR) is 53.2 cm³/mol. The highest BCUT2D eigenvalue weighted by Gasteiger charge is 2.16. The van der Waals surface area contributed by atoms with Crippen molar-refractivity contribution in [1.82, 2.24) is 0 Å². The lowest BCUT2D eigenvalue weighted by molar-refractivity contribution is -0.119. The fourth-order valence-electron chi connectivity index (χ4n) is 1.65. The average molecular weight is 170 g/mol. The first kappa shape index (κ1) is 11.7. The Labute approximate surface area is 76.6 Å². The van der Waals surface area contributed by atoms with Crippen LogP contribution in [0, 0.1) is 11.3 Å². The maximum absolute atomic E-state index is 11.1. The third-order valence-corrected chi connectivity index (χ3v) is 1.93. The molecule has 0 heterocycles. The first-order valence-electron chi connectivity index (χ1n) is 4.87. The molecule has 0 aliphatic carbocycles. The molecular weight excluding hydrogens is 148 g/mol. The molecule has 0 N–H and O–H groups in total. The van der Waals surface area contributed by atoms with Crippen LogP contribution in [0.25, 0.3) is 0 Å². The summed E-state index contributed by atoms with van der Waals surface area (Å²) in [6.45, 7) is 10.8. The summed E-state index contributed by atoms with van der Waals surface area (Å²) in [4.78, 5) is 11.1. The highest BCUT2D eigenvalue weighted by Crippen LogP contribution is 2.26. The van der Waals surface area contributed by atoms with E-state index in [9.17, 15) is 4.79 Å². The van der Waals surface area contributed by atoms with Crippen LogP contribution in [0.15, 0.2) is 0 Å². The van der Waals surface area contributed by atoms with Crippen molar-refractivity contribution in [2.24, 2.45) is 11.3 Å². The van der Waals surface area contributed by atoms with Crippen molar-refractivity contribution in [3.8, 4) is 0 Å². The van der Waals surface area contributed by atoms with Crippen LogP contribution in [0.2, 0.25) is 0 Å². The van der Waals surface area contributed by atoms with Crippen molar-refractivity contribution >= 4 is 5.78 Å². The number of rotatable bonds is 4. The Balaban J connectivity index is 3.74. The SMILES string of the molecule is CCC(=O)CC(C)CC(C)(C)C. The average Bonchev–Trinajstić information content (AvgIpc) is 1.82. The van der Waals surface area contributed by atoms with Gasteiger partial charge < -0.3 is 0 Å². The van der Waals surface area contributed by atoms with Crippen molar-refractivity contribution in [3.63, 3.8) is 0 Å². The van der Waals surface area contributed by atoms with Gasteiger partial charge in [0, 0.05) is 12.8 Å². The standard InChI is InChI=1S/C11H22O/c1-6-10(12)7-9(2)8-11(3,4)5/h9H,6-8H2,1-5H3. The molecule has 1 heteroatoms. The van der Waals surface area contributed by atoms with Crippen molar-refractivity contribution in [2.75, 3.05) is 0 Å². The van der Waals surface area contributed by atoms with Crippen molar-refractivity contribution in [2.45, 2.75) is 53.9 Å². The second-order valence-electron chi connectivity index (χ2n) is 4.97. The molecule has 1 unspecified atom stereocenters. The molecule has 0 saturated heterocycles. The van der Waals surface area contributed by atoms with Crippen LogP contribution in [0.4, 0.5) is 0 Å². The third kappa shape index (κ3) is 6.38. The summed E-state index contributed by atoms with van der Waals surface area (Å²) >= 11 is 0. The number of Topliss-reactive ketones (excluding diaryl/α,β-unsaturated/α-hetero) is 1. The van der Waals surface area contributed by atoms with Gasteiger partial charge >= 0.3 is 0 Å². The van der Waals surface area contributed by atoms with E-state index >= 15 is 0 Å². The van der Waals surface area contributed by atoms with Gasteiger partial charge in [0.25, 0.3) is 0 Å². The maximum atomic E-state index is 11.1. The minimum absolute atomic E-state index is 0.355. The number of hydrogen-bond donors (Lipinski definition) is 0. The normalized spacial score (nSPS) is 14.4. The Morgan fingerprint density at radius 1 is 1.33 bits per heavy atom. The molecule has 0 fully saturated rings. The van der Waals surface area contributed by atoms with Gasteiger partial charge in [0.2, 0.25) is 0 Å². The van der Waals surface area contributed by atoms with Gasteiger partial charge in [-0.15, -0.1) is 0 Å². The molecule has 0 amide bonds. The molecule has 0 spiro atoms. The number of carbonyl (C=O) groups excluding carboxylic acids is 1. The van der Waals surface area contributed by atoms with Gasteiger partial charge in [0.05, 0.1) is 0 Å². The van der Waals surface area contributed by atoms with E-state index in [1.54, 1.807) is 0 Å².